The number of Topliss-reactive ketones (excluding diaryl/α,β-unsaturated/α-hetero) is 1. The van der Waals surface area contributed by atoms with E-state index in [9.17, 15) is 4.79 Å². The average Bonchev–Trinajstić information content (AvgIpc) is 3.30. The lowest BCUT2D eigenvalue weighted by atomic mass is 10.1. The van der Waals surface area contributed by atoms with Gasteiger partial charge in [0.05, 0.1) is 17.5 Å². The van der Waals surface area contributed by atoms with Crippen molar-refractivity contribution >= 4 is 23.0 Å². The van der Waals surface area contributed by atoms with Crippen molar-refractivity contribution in [2.24, 2.45) is 4.99 Å². The predicted octanol–water partition coefficient (Wildman–Crippen LogP) is 5.43. The molecule has 0 fully saturated rings. The van der Waals surface area contributed by atoms with Crippen LogP contribution in [0.5, 0.6) is 5.75 Å². The molecule has 27 heavy (non-hydrogen) atoms. The van der Waals surface area contributed by atoms with E-state index in [-0.39, 0.29) is 11.8 Å². The molecule has 0 N–H and O–H groups in total. The number of hydrogen-bond donors (Lipinski definition) is 0. The van der Waals surface area contributed by atoms with E-state index in [0.29, 0.717) is 19.6 Å². The van der Waals surface area contributed by atoms with Crippen LogP contribution < -0.4 is 4.74 Å². The van der Waals surface area contributed by atoms with Gasteiger partial charge in [0.1, 0.15) is 12.4 Å². The summed E-state index contributed by atoms with van der Waals surface area (Å²) in [5, 5.41) is 0. The maximum atomic E-state index is 12.0. The molecule has 4 nitrogen and oxygen atoms in total. The highest BCUT2D eigenvalue weighted by atomic mass is 32.1. The third kappa shape index (κ3) is 5.93. The molecule has 0 unspecified atom stereocenters. The summed E-state index contributed by atoms with van der Waals surface area (Å²) >= 11 is 1.59. The van der Waals surface area contributed by atoms with E-state index in [0.717, 1.165) is 47.8 Å². The molecule has 0 radical (unpaired) electrons. The van der Waals surface area contributed by atoms with Crippen molar-refractivity contribution in [3.8, 4) is 5.75 Å². The molecule has 1 aliphatic rings. The zero-order valence-electron chi connectivity index (χ0n) is 16.1. The van der Waals surface area contributed by atoms with Gasteiger partial charge in [0.25, 0.3) is 0 Å². The molecule has 1 aliphatic heterocycles. The van der Waals surface area contributed by atoms with Crippen LogP contribution in [0.3, 0.4) is 0 Å². The second kappa shape index (κ2) is 9.70. The average molecular weight is 386 g/mol. The molecule has 0 spiro atoms. The van der Waals surface area contributed by atoms with Crippen molar-refractivity contribution in [2.45, 2.75) is 52.0 Å². The van der Waals surface area contributed by atoms with Crippen molar-refractivity contribution in [2.75, 3.05) is 13.2 Å². The molecule has 144 valence electrons. The molecule has 0 saturated carbocycles. The Labute approximate surface area is 165 Å². The Morgan fingerprint density at radius 3 is 2.59 bits per heavy atom. The minimum Gasteiger partial charge on any atom is -0.494 e. The quantitative estimate of drug-likeness (QED) is 0.404. The summed E-state index contributed by atoms with van der Waals surface area (Å²) in [7, 11) is 0. The van der Waals surface area contributed by atoms with Gasteiger partial charge in [-0.25, -0.2) is 4.99 Å². The fourth-order valence-electron chi connectivity index (χ4n) is 2.96. The lowest BCUT2D eigenvalue weighted by molar-refractivity contribution is 0.0983. The summed E-state index contributed by atoms with van der Waals surface area (Å²) in [6.07, 6.45) is 4.74. The molecule has 1 aromatic heterocycles. The number of benzene rings is 1. The van der Waals surface area contributed by atoms with Gasteiger partial charge in [0.2, 0.25) is 5.90 Å². The van der Waals surface area contributed by atoms with Crippen LogP contribution >= 0.6 is 11.3 Å². The molecule has 0 amide bonds. The second-order valence-electron chi connectivity index (χ2n) is 6.96. The van der Waals surface area contributed by atoms with E-state index in [2.05, 4.69) is 4.99 Å². The summed E-state index contributed by atoms with van der Waals surface area (Å²) < 4.78 is 11.4. The Morgan fingerprint density at radius 1 is 1.15 bits per heavy atom. The van der Waals surface area contributed by atoms with E-state index in [1.165, 1.54) is 4.88 Å². The first kappa shape index (κ1) is 19.6. The van der Waals surface area contributed by atoms with Gasteiger partial charge in [-0.05, 0) is 63.1 Å². The van der Waals surface area contributed by atoms with Gasteiger partial charge in [-0.15, -0.1) is 11.3 Å². The van der Waals surface area contributed by atoms with Crippen LogP contribution in [-0.4, -0.2) is 30.9 Å². The van der Waals surface area contributed by atoms with E-state index >= 15 is 0 Å². The van der Waals surface area contributed by atoms with Crippen LogP contribution in [0, 0.1) is 6.92 Å². The van der Waals surface area contributed by atoms with Gasteiger partial charge in [-0.1, -0.05) is 12.8 Å². The van der Waals surface area contributed by atoms with Crippen molar-refractivity contribution in [1.82, 2.24) is 0 Å². The number of carbonyl (C=O) groups is 1. The fourth-order valence-corrected chi connectivity index (χ4v) is 3.80. The zero-order valence-corrected chi connectivity index (χ0v) is 16.9. The van der Waals surface area contributed by atoms with Crippen LogP contribution in [0.25, 0.3) is 0 Å². The number of thiophene rings is 1. The Balaban J connectivity index is 1.28. The third-order valence-corrected chi connectivity index (χ3v) is 5.52. The number of rotatable bonds is 10. The van der Waals surface area contributed by atoms with Crippen molar-refractivity contribution in [1.29, 1.82) is 0 Å². The first-order valence-corrected chi connectivity index (χ1v) is 10.5. The number of carbonyl (C=O) groups excluding carboxylic acids is 1. The third-order valence-electron chi connectivity index (χ3n) is 4.48. The first-order valence-electron chi connectivity index (χ1n) is 9.65. The number of ketones is 1. The van der Waals surface area contributed by atoms with Crippen LogP contribution in [0.2, 0.25) is 0 Å². The summed E-state index contributed by atoms with van der Waals surface area (Å²) in [6, 6.07) is 12.1. The monoisotopic (exact) mass is 385 g/mol. The number of hydrogen-bond acceptors (Lipinski definition) is 5. The Hall–Kier alpha value is -2.14. The van der Waals surface area contributed by atoms with Crippen LogP contribution in [0.1, 0.15) is 59.1 Å². The Morgan fingerprint density at radius 2 is 1.93 bits per heavy atom. The van der Waals surface area contributed by atoms with Gasteiger partial charge < -0.3 is 9.47 Å². The molecule has 2 heterocycles. The maximum Gasteiger partial charge on any atom is 0.216 e. The van der Waals surface area contributed by atoms with E-state index in [1.807, 2.05) is 50.2 Å². The van der Waals surface area contributed by atoms with Crippen LogP contribution in [-0.2, 0) is 4.74 Å². The second-order valence-corrected chi connectivity index (χ2v) is 8.25. The highest BCUT2D eigenvalue weighted by molar-refractivity contribution is 7.14. The normalized spacial score (nSPS) is 16.1. The lowest BCUT2D eigenvalue weighted by Gasteiger charge is -2.07. The largest absolute Gasteiger partial charge is 0.494 e. The standard InChI is InChI=1S/C22H27NO3S/c1-16-15-26-22(23-16)18-9-11-19(12-10-18)25-14-6-4-3-5-7-20(24)21-13-8-17(2)27-21/h8-13,16H,3-7,14-15H2,1-2H3/t16-/m1/s1. The number of nitrogens with zero attached hydrogens (tertiary/aromatic N) is 1. The molecule has 1 aromatic carbocycles. The molecule has 1 atom stereocenters. The molecule has 0 saturated heterocycles. The van der Waals surface area contributed by atoms with Gasteiger partial charge in [0, 0.05) is 16.9 Å². The number of unbranched alkanes of at least 4 members (excludes halogenated alkanes) is 3. The Kier molecular flexibility index (Phi) is 7.04. The molecule has 0 aliphatic carbocycles. The van der Waals surface area contributed by atoms with E-state index < -0.39 is 0 Å². The highest BCUT2D eigenvalue weighted by Gasteiger charge is 2.15. The molecule has 5 heteroatoms. The minimum atomic E-state index is 0.237. The molecule has 3 rings (SSSR count). The summed E-state index contributed by atoms with van der Waals surface area (Å²) in [4.78, 5) is 18.6. The van der Waals surface area contributed by atoms with Crippen molar-refractivity contribution < 1.29 is 14.3 Å². The summed E-state index contributed by atoms with van der Waals surface area (Å²) in [5.41, 5.74) is 0.998. The van der Waals surface area contributed by atoms with Gasteiger partial charge >= 0.3 is 0 Å². The molecule has 2 aromatic rings. The maximum absolute atomic E-state index is 12.0. The highest BCUT2D eigenvalue weighted by Crippen LogP contribution is 2.19. The molecule has 0 bridgehead atoms. The van der Waals surface area contributed by atoms with Crippen LogP contribution in [0.4, 0.5) is 0 Å². The van der Waals surface area contributed by atoms with Crippen molar-refractivity contribution in [3.05, 3.63) is 51.7 Å². The number of ether oxygens (including phenoxy) is 2. The summed E-state index contributed by atoms with van der Waals surface area (Å²) in [6.45, 7) is 5.44. The zero-order chi connectivity index (χ0) is 19.1. The number of aliphatic imine (C=N–C) groups is 1. The van der Waals surface area contributed by atoms with Crippen LogP contribution in [0.15, 0.2) is 41.4 Å². The minimum absolute atomic E-state index is 0.237. The van der Waals surface area contributed by atoms with Crippen molar-refractivity contribution in [3.63, 3.8) is 0 Å². The lowest BCUT2D eigenvalue weighted by Crippen LogP contribution is -2.02. The summed E-state index contributed by atoms with van der Waals surface area (Å²) in [5.74, 6) is 1.87. The SMILES string of the molecule is Cc1ccc(C(=O)CCCCCCOc2ccc(C3=N[C@H](C)CO3)cc2)s1. The van der Waals surface area contributed by atoms with Gasteiger partial charge in [-0.2, -0.15) is 0 Å². The first-order chi connectivity index (χ1) is 13.1. The van der Waals surface area contributed by atoms with Gasteiger partial charge in [0.15, 0.2) is 5.78 Å². The smallest absolute Gasteiger partial charge is 0.216 e. The van der Waals surface area contributed by atoms with E-state index in [1.54, 1.807) is 11.3 Å². The number of aryl methyl sites for hydroxylation is 1. The molecular weight excluding hydrogens is 358 g/mol. The topological polar surface area (TPSA) is 47.9 Å². The molecular formula is C22H27NO3S. The predicted molar refractivity (Wildman–Crippen MR) is 110 cm³/mol. The van der Waals surface area contributed by atoms with Gasteiger partial charge in [-0.3, -0.25) is 4.79 Å². The Bertz CT molecular complexity index is 779. The van der Waals surface area contributed by atoms with E-state index in [4.69, 9.17) is 9.47 Å². The fraction of sp³-hybridized carbons (Fsp3) is 0.455.